The maximum absolute atomic E-state index is 9.86. The minimum Gasteiger partial charge on any atom is -0.373 e. The first-order chi connectivity index (χ1) is 5.43. The third kappa shape index (κ3) is 3.49. The van der Waals surface area contributed by atoms with E-state index in [1.807, 2.05) is 0 Å². The molecule has 1 heterocycles. The van der Waals surface area contributed by atoms with Gasteiger partial charge in [-0.1, -0.05) is 0 Å². The maximum Gasteiger partial charge on any atom is 0.145 e. The fraction of sp³-hybridized carbons (Fsp3) is 0.875. The van der Waals surface area contributed by atoms with Gasteiger partial charge in [-0.05, 0) is 25.9 Å². The molecular weight excluding hydrogens is 142 g/mol. The lowest BCUT2D eigenvalue weighted by Crippen LogP contribution is -2.24. The minimum absolute atomic E-state index is 0.244. The van der Waals surface area contributed by atoms with Gasteiger partial charge < -0.3 is 14.4 Å². The van der Waals surface area contributed by atoms with Crippen LogP contribution in [0.5, 0.6) is 0 Å². The van der Waals surface area contributed by atoms with Crippen LogP contribution in [-0.2, 0) is 9.53 Å². The van der Waals surface area contributed by atoms with E-state index < -0.39 is 0 Å². The predicted octanol–water partition coefficient (Wildman–Crippen LogP) is 0.298. The molecule has 0 aromatic rings. The molecule has 64 valence electrons. The van der Waals surface area contributed by atoms with Crippen molar-refractivity contribution in [1.29, 1.82) is 0 Å². The number of rotatable bonds is 5. The zero-order valence-electron chi connectivity index (χ0n) is 6.79. The van der Waals surface area contributed by atoms with Crippen molar-refractivity contribution in [3.8, 4) is 0 Å². The van der Waals surface area contributed by atoms with Gasteiger partial charge >= 0.3 is 0 Å². The fourth-order valence-corrected chi connectivity index (χ4v) is 1.33. The summed E-state index contributed by atoms with van der Waals surface area (Å²) in [5, 5.41) is 0. The topological polar surface area (TPSA) is 29.5 Å². The molecule has 1 aliphatic heterocycles. The summed E-state index contributed by atoms with van der Waals surface area (Å²) >= 11 is 0. The molecule has 0 aromatic carbocycles. The van der Waals surface area contributed by atoms with E-state index in [1.165, 1.54) is 25.9 Å². The summed E-state index contributed by atoms with van der Waals surface area (Å²) in [6, 6.07) is 0. The molecular formula is C8H15NO2. The maximum atomic E-state index is 9.86. The summed E-state index contributed by atoms with van der Waals surface area (Å²) in [4.78, 5) is 12.2. The standard InChI is InChI=1S/C8H15NO2/c10-6-8-11-7-5-9-3-1-2-4-9/h6H,1-5,7-8H2. The zero-order valence-corrected chi connectivity index (χ0v) is 6.79. The fourth-order valence-electron chi connectivity index (χ4n) is 1.33. The molecule has 0 unspecified atom stereocenters. The molecule has 0 aromatic heterocycles. The van der Waals surface area contributed by atoms with Crippen molar-refractivity contribution < 1.29 is 9.53 Å². The number of ether oxygens (including phenoxy) is 1. The Labute approximate surface area is 67.3 Å². The zero-order chi connectivity index (χ0) is 7.94. The molecule has 0 amide bonds. The van der Waals surface area contributed by atoms with Crippen LogP contribution in [0.2, 0.25) is 0 Å². The third-order valence-electron chi connectivity index (χ3n) is 1.94. The largest absolute Gasteiger partial charge is 0.373 e. The van der Waals surface area contributed by atoms with Crippen LogP contribution in [0, 0.1) is 0 Å². The van der Waals surface area contributed by atoms with Crippen LogP contribution in [0.4, 0.5) is 0 Å². The first kappa shape index (κ1) is 8.68. The van der Waals surface area contributed by atoms with Gasteiger partial charge in [-0.2, -0.15) is 0 Å². The number of nitrogens with zero attached hydrogens (tertiary/aromatic N) is 1. The van der Waals surface area contributed by atoms with Crippen LogP contribution in [0.15, 0.2) is 0 Å². The highest BCUT2D eigenvalue weighted by molar-refractivity contribution is 5.50. The van der Waals surface area contributed by atoms with Gasteiger partial charge in [-0.15, -0.1) is 0 Å². The number of carbonyl (C=O) groups excluding carboxylic acids is 1. The molecule has 0 bridgehead atoms. The second-order valence-corrected chi connectivity index (χ2v) is 2.79. The summed E-state index contributed by atoms with van der Waals surface area (Å²) in [7, 11) is 0. The number of hydrogen-bond donors (Lipinski definition) is 0. The minimum atomic E-state index is 0.244. The molecule has 0 atom stereocenters. The Hall–Kier alpha value is -0.410. The van der Waals surface area contributed by atoms with E-state index in [2.05, 4.69) is 4.90 Å². The molecule has 1 rings (SSSR count). The summed E-state index contributed by atoms with van der Waals surface area (Å²) in [6.07, 6.45) is 3.42. The van der Waals surface area contributed by atoms with E-state index >= 15 is 0 Å². The normalized spacial score (nSPS) is 18.9. The summed E-state index contributed by atoms with van der Waals surface area (Å²) < 4.78 is 5.04. The van der Waals surface area contributed by atoms with Crippen LogP contribution >= 0.6 is 0 Å². The van der Waals surface area contributed by atoms with Crippen LogP contribution in [0.3, 0.4) is 0 Å². The highest BCUT2D eigenvalue weighted by atomic mass is 16.5. The Morgan fingerprint density at radius 3 is 2.73 bits per heavy atom. The molecule has 0 spiro atoms. The third-order valence-corrected chi connectivity index (χ3v) is 1.94. The first-order valence-corrected chi connectivity index (χ1v) is 4.17. The van der Waals surface area contributed by atoms with Gasteiger partial charge in [0.25, 0.3) is 0 Å². The van der Waals surface area contributed by atoms with Crippen LogP contribution in [-0.4, -0.2) is 44.0 Å². The Morgan fingerprint density at radius 2 is 2.09 bits per heavy atom. The van der Waals surface area contributed by atoms with Gasteiger partial charge in [0.15, 0.2) is 0 Å². The summed E-state index contributed by atoms with van der Waals surface area (Å²) in [5.74, 6) is 0. The Balaban J connectivity index is 1.89. The van der Waals surface area contributed by atoms with Gasteiger partial charge in [-0.3, -0.25) is 0 Å². The molecule has 1 aliphatic rings. The highest BCUT2D eigenvalue weighted by Gasteiger charge is 2.09. The van der Waals surface area contributed by atoms with E-state index in [0.29, 0.717) is 6.61 Å². The van der Waals surface area contributed by atoms with E-state index in [9.17, 15) is 4.79 Å². The van der Waals surface area contributed by atoms with Crippen molar-refractivity contribution in [2.24, 2.45) is 0 Å². The molecule has 0 aliphatic carbocycles. The highest BCUT2D eigenvalue weighted by Crippen LogP contribution is 2.05. The van der Waals surface area contributed by atoms with Gasteiger partial charge in [0, 0.05) is 6.54 Å². The monoisotopic (exact) mass is 157 g/mol. The Morgan fingerprint density at radius 1 is 1.36 bits per heavy atom. The smallest absolute Gasteiger partial charge is 0.145 e. The van der Waals surface area contributed by atoms with Crippen molar-refractivity contribution in [1.82, 2.24) is 4.90 Å². The first-order valence-electron chi connectivity index (χ1n) is 4.17. The lowest BCUT2D eigenvalue weighted by atomic mass is 10.4. The quantitative estimate of drug-likeness (QED) is 0.424. The van der Waals surface area contributed by atoms with Crippen LogP contribution in [0.1, 0.15) is 12.8 Å². The van der Waals surface area contributed by atoms with E-state index in [0.717, 1.165) is 12.8 Å². The molecule has 1 saturated heterocycles. The number of hydrogen-bond acceptors (Lipinski definition) is 3. The second-order valence-electron chi connectivity index (χ2n) is 2.79. The van der Waals surface area contributed by atoms with Gasteiger partial charge in [0.1, 0.15) is 12.9 Å². The van der Waals surface area contributed by atoms with E-state index in [1.54, 1.807) is 0 Å². The molecule has 0 saturated carbocycles. The number of likely N-dealkylation sites (tertiary alicyclic amines) is 1. The van der Waals surface area contributed by atoms with Crippen molar-refractivity contribution >= 4 is 6.29 Å². The predicted molar refractivity (Wildman–Crippen MR) is 42.6 cm³/mol. The lowest BCUT2D eigenvalue weighted by molar-refractivity contribution is -0.111. The number of carbonyl (C=O) groups is 1. The Bertz CT molecular complexity index is 111. The lowest BCUT2D eigenvalue weighted by Gasteiger charge is -2.13. The average Bonchev–Trinajstić information content (AvgIpc) is 2.50. The molecule has 0 radical (unpaired) electrons. The molecule has 11 heavy (non-hydrogen) atoms. The van der Waals surface area contributed by atoms with Crippen molar-refractivity contribution in [3.63, 3.8) is 0 Å². The van der Waals surface area contributed by atoms with E-state index in [4.69, 9.17) is 4.74 Å². The van der Waals surface area contributed by atoms with Gasteiger partial charge in [0.05, 0.1) is 6.61 Å². The van der Waals surface area contributed by atoms with Gasteiger partial charge in [-0.25, -0.2) is 0 Å². The van der Waals surface area contributed by atoms with Gasteiger partial charge in [0.2, 0.25) is 0 Å². The molecule has 3 heteroatoms. The summed E-state index contributed by atoms with van der Waals surface area (Å²) in [6.45, 7) is 4.31. The second kappa shape index (κ2) is 5.27. The van der Waals surface area contributed by atoms with Crippen molar-refractivity contribution in [2.75, 3.05) is 32.8 Å². The number of aldehydes is 1. The molecule has 3 nitrogen and oxygen atoms in total. The van der Waals surface area contributed by atoms with Crippen LogP contribution < -0.4 is 0 Å². The Kier molecular flexibility index (Phi) is 4.16. The molecule has 1 fully saturated rings. The SMILES string of the molecule is O=CCOCCN1CCCC1. The molecule has 0 N–H and O–H groups in total. The van der Waals surface area contributed by atoms with Crippen molar-refractivity contribution in [3.05, 3.63) is 0 Å². The average molecular weight is 157 g/mol. The van der Waals surface area contributed by atoms with E-state index in [-0.39, 0.29) is 6.61 Å². The van der Waals surface area contributed by atoms with Crippen molar-refractivity contribution in [2.45, 2.75) is 12.8 Å². The van der Waals surface area contributed by atoms with Crippen LogP contribution in [0.25, 0.3) is 0 Å². The summed E-state index contributed by atoms with van der Waals surface area (Å²) in [5.41, 5.74) is 0.